The maximum absolute atomic E-state index is 7.39. The Balaban J connectivity index is 2.25. The number of benzene rings is 1. The molecule has 1 saturated heterocycles. The molecule has 1 heterocycles. The molecule has 0 aromatic heterocycles. The van der Waals surface area contributed by atoms with Gasteiger partial charge >= 0.3 is 0 Å². The highest BCUT2D eigenvalue weighted by Gasteiger charge is 2.28. The van der Waals surface area contributed by atoms with Crippen molar-refractivity contribution < 1.29 is 4.74 Å². The number of anilines is 1. The van der Waals surface area contributed by atoms with Crippen LogP contribution in [0.15, 0.2) is 18.2 Å². The van der Waals surface area contributed by atoms with E-state index in [-0.39, 0.29) is 11.9 Å². The lowest BCUT2D eigenvalue weighted by Crippen LogP contribution is -2.36. The maximum atomic E-state index is 7.39. The van der Waals surface area contributed by atoms with Gasteiger partial charge in [-0.05, 0) is 31.5 Å². The van der Waals surface area contributed by atoms with Crippen molar-refractivity contribution in [2.75, 3.05) is 18.6 Å². The Hall–Kier alpha value is -1.26. The van der Waals surface area contributed by atoms with Gasteiger partial charge in [-0.3, -0.25) is 5.41 Å². The zero-order valence-corrected chi connectivity index (χ0v) is 11.4. The van der Waals surface area contributed by atoms with Gasteiger partial charge in [0, 0.05) is 19.2 Å². The van der Waals surface area contributed by atoms with Gasteiger partial charge < -0.3 is 15.4 Å². The van der Waals surface area contributed by atoms with Crippen LogP contribution < -0.4 is 10.6 Å². The highest BCUT2D eigenvalue weighted by molar-refractivity contribution is 6.33. The summed E-state index contributed by atoms with van der Waals surface area (Å²) in [6.07, 6.45) is 1.21. The molecule has 2 atom stereocenters. The van der Waals surface area contributed by atoms with Crippen molar-refractivity contribution in [3.05, 3.63) is 28.8 Å². The summed E-state index contributed by atoms with van der Waals surface area (Å²) in [6, 6.07) is 5.80. The first kappa shape index (κ1) is 13.2. The number of nitrogens with two attached hydrogens (primary N) is 1. The van der Waals surface area contributed by atoms with E-state index in [0.717, 1.165) is 18.7 Å². The molecule has 1 aliphatic heterocycles. The van der Waals surface area contributed by atoms with Crippen LogP contribution in [0.2, 0.25) is 5.02 Å². The molecule has 0 amide bonds. The van der Waals surface area contributed by atoms with E-state index in [9.17, 15) is 0 Å². The molecule has 18 heavy (non-hydrogen) atoms. The minimum absolute atomic E-state index is 0.0312. The van der Waals surface area contributed by atoms with Gasteiger partial charge in [-0.15, -0.1) is 0 Å². The van der Waals surface area contributed by atoms with E-state index in [1.807, 2.05) is 19.2 Å². The Kier molecular flexibility index (Phi) is 3.78. The second-order valence-electron chi connectivity index (χ2n) is 4.62. The van der Waals surface area contributed by atoms with Crippen LogP contribution in [0.4, 0.5) is 5.69 Å². The largest absolute Gasteiger partial charge is 0.384 e. The van der Waals surface area contributed by atoms with Crippen molar-refractivity contribution in [3.8, 4) is 0 Å². The van der Waals surface area contributed by atoms with E-state index in [4.69, 9.17) is 27.5 Å². The van der Waals surface area contributed by atoms with Crippen molar-refractivity contribution >= 4 is 23.1 Å². The number of likely N-dealkylation sites (N-methyl/N-ethyl adjacent to an activating group) is 1. The first-order valence-corrected chi connectivity index (χ1v) is 6.37. The number of nitrogen functional groups attached to an aromatic ring is 1. The molecule has 0 radical (unpaired) electrons. The summed E-state index contributed by atoms with van der Waals surface area (Å²) in [7, 11) is 2.02. The van der Waals surface area contributed by atoms with E-state index < -0.39 is 0 Å². The van der Waals surface area contributed by atoms with Crippen molar-refractivity contribution in [2.24, 2.45) is 5.73 Å². The van der Waals surface area contributed by atoms with Gasteiger partial charge in [0.1, 0.15) is 5.84 Å². The van der Waals surface area contributed by atoms with Crippen LogP contribution in [0.5, 0.6) is 0 Å². The van der Waals surface area contributed by atoms with Crippen LogP contribution in [0.1, 0.15) is 18.9 Å². The van der Waals surface area contributed by atoms with Gasteiger partial charge in [0.15, 0.2) is 0 Å². The van der Waals surface area contributed by atoms with Crippen molar-refractivity contribution in [3.63, 3.8) is 0 Å². The van der Waals surface area contributed by atoms with Crippen LogP contribution in [0, 0.1) is 5.41 Å². The summed E-state index contributed by atoms with van der Waals surface area (Å²) in [4.78, 5) is 2.14. The van der Waals surface area contributed by atoms with E-state index in [0.29, 0.717) is 16.6 Å². The van der Waals surface area contributed by atoms with Crippen LogP contribution in [-0.4, -0.2) is 31.6 Å². The van der Waals surface area contributed by atoms with Gasteiger partial charge in [0.05, 0.1) is 22.9 Å². The highest BCUT2D eigenvalue weighted by atomic mass is 35.5. The number of nitrogens with zero attached hydrogens (tertiary/aromatic N) is 1. The molecule has 4 nitrogen and oxygen atoms in total. The Labute approximate surface area is 112 Å². The molecule has 2 unspecified atom stereocenters. The molecular formula is C13H18ClN3O. The Morgan fingerprint density at radius 1 is 1.56 bits per heavy atom. The van der Waals surface area contributed by atoms with Gasteiger partial charge in [0.25, 0.3) is 0 Å². The topological polar surface area (TPSA) is 62.3 Å². The average molecular weight is 268 g/mol. The smallest absolute Gasteiger partial charge is 0.122 e. The first-order chi connectivity index (χ1) is 8.50. The third-order valence-electron chi connectivity index (χ3n) is 3.47. The molecule has 1 aromatic rings. The molecule has 1 aliphatic rings. The fourth-order valence-electron chi connectivity index (χ4n) is 2.37. The lowest BCUT2D eigenvalue weighted by atomic mass is 10.1. The molecule has 0 aliphatic carbocycles. The second-order valence-corrected chi connectivity index (χ2v) is 5.03. The monoisotopic (exact) mass is 267 g/mol. The minimum Gasteiger partial charge on any atom is -0.384 e. The molecule has 0 bridgehead atoms. The van der Waals surface area contributed by atoms with E-state index in [1.165, 1.54) is 0 Å². The van der Waals surface area contributed by atoms with Crippen molar-refractivity contribution in [1.82, 2.24) is 0 Å². The lowest BCUT2D eigenvalue weighted by molar-refractivity contribution is 0.118. The summed E-state index contributed by atoms with van der Waals surface area (Å²) >= 11 is 6.26. The molecule has 0 spiro atoms. The Morgan fingerprint density at radius 3 is 2.78 bits per heavy atom. The maximum Gasteiger partial charge on any atom is 0.122 e. The minimum atomic E-state index is 0.0312. The quantitative estimate of drug-likeness (QED) is 0.652. The third-order valence-corrected chi connectivity index (χ3v) is 3.78. The highest BCUT2D eigenvalue weighted by Crippen LogP contribution is 2.30. The van der Waals surface area contributed by atoms with E-state index in [1.54, 1.807) is 6.07 Å². The standard InChI is InChI=1S/C13H18ClN3O/c1-8-11(5-6-18-8)17(2)12-4-3-9(13(15)16)7-10(12)14/h3-4,7-8,11H,5-6H2,1-2H3,(H3,15,16). The van der Waals surface area contributed by atoms with E-state index >= 15 is 0 Å². The number of hydrogen-bond acceptors (Lipinski definition) is 3. The third kappa shape index (κ3) is 2.44. The van der Waals surface area contributed by atoms with Crippen LogP contribution in [-0.2, 0) is 4.74 Å². The zero-order chi connectivity index (χ0) is 13.3. The predicted octanol–water partition coefficient (Wildman–Crippen LogP) is 2.24. The normalized spacial score (nSPS) is 23.1. The Bertz CT molecular complexity index is 464. The summed E-state index contributed by atoms with van der Waals surface area (Å²) in [5.41, 5.74) is 7.04. The average Bonchev–Trinajstić information content (AvgIpc) is 2.74. The van der Waals surface area contributed by atoms with Crippen LogP contribution in [0.25, 0.3) is 0 Å². The van der Waals surface area contributed by atoms with E-state index in [2.05, 4.69) is 11.8 Å². The molecule has 1 fully saturated rings. The summed E-state index contributed by atoms with van der Waals surface area (Å²) in [5, 5.41) is 8.01. The number of nitrogens with one attached hydrogen (secondary N) is 1. The molecule has 5 heteroatoms. The second kappa shape index (κ2) is 5.16. The molecule has 3 N–H and O–H groups in total. The molecular weight excluding hydrogens is 250 g/mol. The SMILES string of the molecule is CC1OCCC1N(C)c1ccc(C(=N)N)cc1Cl. The van der Waals surface area contributed by atoms with Crippen LogP contribution in [0.3, 0.4) is 0 Å². The molecule has 2 rings (SSSR count). The number of halogens is 1. The van der Waals surface area contributed by atoms with Crippen molar-refractivity contribution in [1.29, 1.82) is 5.41 Å². The summed E-state index contributed by atoms with van der Waals surface area (Å²) in [5.74, 6) is 0.0312. The Morgan fingerprint density at radius 2 is 2.28 bits per heavy atom. The number of ether oxygens (including phenoxy) is 1. The molecule has 1 aromatic carbocycles. The number of amidine groups is 1. The molecule has 0 saturated carbocycles. The fraction of sp³-hybridized carbons (Fsp3) is 0.462. The number of hydrogen-bond donors (Lipinski definition) is 2. The van der Waals surface area contributed by atoms with Gasteiger partial charge in [-0.1, -0.05) is 11.6 Å². The summed E-state index contributed by atoms with van der Waals surface area (Å²) in [6.45, 7) is 2.87. The lowest BCUT2D eigenvalue weighted by Gasteiger charge is -2.29. The van der Waals surface area contributed by atoms with Crippen molar-refractivity contribution in [2.45, 2.75) is 25.5 Å². The molecule has 98 valence electrons. The van der Waals surface area contributed by atoms with Gasteiger partial charge in [-0.2, -0.15) is 0 Å². The van der Waals surface area contributed by atoms with Gasteiger partial charge in [-0.25, -0.2) is 0 Å². The van der Waals surface area contributed by atoms with Crippen LogP contribution >= 0.6 is 11.6 Å². The van der Waals surface area contributed by atoms with Gasteiger partial charge in [0.2, 0.25) is 0 Å². The first-order valence-electron chi connectivity index (χ1n) is 5.99. The fourth-order valence-corrected chi connectivity index (χ4v) is 2.68. The predicted molar refractivity (Wildman–Crippen MR) is 74.7 cm³/mol. The summed E-state index contributed by atoms with van der Waals surface area (Å²) < 4.78 is 5.57. The number of rotatable bonds is 3. The zero-order valence-electron chi connectivity index (χ0n) is 10.6.